The van der Waals surface area contributed by atoms with Gasteiger partial charge in [-0.1, -0.05) is 60.2 Å². The summed E-state index contributed by atoms with van der Waals surface area (Å²) in [5.74, 6) is 1.47. The van der Waals surface area contributed by atoms with Crippen molar-refractivity contribution in [3.8, 4) is 11.3 Å². The number of hydrogen-bond acceptors (Lipinski definition) is 5. The van der Waals surface area contributed by atoms with Gasteiger partial charge in [0.05, 0.1) is 37.4 Å². The van der Waals surface area contributed by atoms with Crippen LogP contribution in [0.2, 0.25) is 0 Å². The van der Waals surface area contributed by atoms with Gasteiger partial charge in [0.2, 0.25) is 5.95 Å². The van der Waals surface area contributed by atoms with E-state index in [9.17, 15) is 0 Å². The normalized spacial score (nSPS) is 14.1. The Morgan fingerprint density at radius 1 is 0.967 bits per heavy atom. The Hall–Kier alpha value is -3.51. The lowest BCUT2D eigenvalue weighted by molar-refractivity contribution is 0.187. The second-order valence-electron chi connectivity index (χ2n) is 7.80. The Labute approximate surface area is 176 Å². The predicted octanol–water partition coefficient (Wildman–Crippen LogP) is 4.15. The molecule has 0 fully saturated rings. The predicted molar refractivity (Wildman–Crippen MR) is 118 cm³/mol. The van der Waals surface area contributed by atoms with Crippen molar-refractivity contribution < 1.29 is 4.42 Å². The third-order valence-corrected chi connectivity index (χ3v) is 5.48. The summed E-state index contributed by atoms with van der Waals surface area (Å²) >= 11 is 0. The number of furan rings is 1. The van der Waals surface area contributed by atoms with E-state index in [1.807, 2.05) is 30.3 Å². The molecule has 152 valence electrons. The highest BCUT2D eigenvalue weighted by molar-refractivity contribution is 5.64. The van der Waals surface area contributed by atoms with Crippen LogP contribution in [0, 0.1) is 6.92 Å². The molecule has 1 aliphatic rings. The minimum atomic E-state index is 0.522. The Kier molecular flexibility index (Phi) is 4.77. The summed E-state index contributed by atoms with van der Waals surface area (Å²) < 4.78 is 7.69. The Morgan fingerprint density at radius 2 is 1.77 bits per heavy atom. The van der Waals surface area contributed by atoms with Crippen molar-refractivity contribution in [2.45, 2.75) is 26.6 Å². The van der Waals surface area contributed by atoms with Crippen LogP contribution in [0.25, 0.3) is 11.3 Å². The van der Waals surface area contributed by atoms with Crippen molar-refractivity contribution in [1.29, 1.82) is 0 Å². The first-order valence-electron chi connectivity index (χ1n) is 10.2. The molecular formula is C24H25N5O. The molecule has 3 heterocycles. The molecule has 6 heteroatoms. The lowest BCUT2D eigenvalue weighted by atomic mass is 10.1. The summed E-state index contributed by atoms with van der Waals surface area (Å²) in [6.07, 6.45) is 1.72. The van der Waals surface area contributed by atoms with E-state index in [0.717, 1.165) is 49.0 Å². The number of rotatable bonds is 5. The molecule has 0 saturated heterocycles. The molecule has 0 amide bonds. The van der Waals surface area contributed by atoms with Gasteiger partial charge in [-0.25, -0.2) is 9.66 Å². The zero-order chi connectivity index (χ0) is 20.5. The van der Waals surface area contributed by atoms with E-state index in [-0.39, 0.29) is 0 Å². The highest BCUT2D eigenvalue weighted by Crippen LogP contribution is 2.30. The first kappa shape index (κ1) is 18.5. The lowest BCUT2D eigenvalue weighted by Crippen LogP contribution is -2.49. The minimum absolute atomic E-state index is 0.522. The smallest absolute Gasteiger partial charge is 0.220 e. The number of nitrogens with two attached hydrogens (primary N) is 1. The van der Waals surface area contributed by atoms with Crippen LogP contribution >= 0.6 is 0 Å². The van der Waals surface area contributed by atoms with Crippen LogP contribution in [-0.4, -0.2) is 21.2 Å². The van der Waals surface area contributed by atoms with Gasteiger partial charge in [-0.3, -0.25) is 9.91 Å². The van der Waals surface area contributed by atoms with Gasteiger partial charge < -0.3 is 10.2 Å². The molecule has 1 aliphatic heterocycles. The van der Waals surface area contributed by atoms with E-state index >= 15 is 0 Å². The second kappa shape index (κ2) is 7.72. The largest absolute Gasteiger partial charge is 0.468 e. The number of benzene rings is 2. The van der Waals surface area contributed by atoms with Crippen LogP contribution in [0.3, 0.4) is 0 Å². The van der Waals surface area contributed by atoms with Gasteiger partial charge in [0.15, 0.2) is 0 Å². The first-order valence-corrected chi connectivity index (χ1v) is 10.2. The zero-order valence-corrected chi connectivity index (χ0v) is 17.0. The lowest BCUT2D eigenvalue weighted by Gasteiger charge is -2.38. The maximum absolute atomic E-state index is 6.42. The van der Waals surface area contributed by atoms with Crippen molar-refractivity contribution in [3.05, 3.63) is 95.6 Å². The number of aryl methyl sites for hydroxylation is 1. The van der Waals surface area contributed by atoms with Crippen molar-refractivity contribution >= 4 is 5.95 Å². The third-order valence-electron chi connectivity index (χ3n) is 5.48. The van der Waals surface area contributed by atoms with Gasteiger partial charge in [0.1, 0.15) is 5.76 Å². The number of hydrogen-bond donors (Lipinski definition) is 1. The fourth-order valence-corrected chi connectivity index (χ4v) is 4.06. The van der Waals surface area contributed by atoms with E-state index in [2.05, 4.69) is 57.9 Å². The summed E-state index contributed by atoms with van der Waals surface area (Å²) in [5, 5.41) is 2.25. The van der Waals surface area contributed by atoms with Crippen LogP contribution in [0.15, 0.2) is 77.4 Å². The molecule has 0 atom stereocenters. The van der Waals surface area contributed by atoms with Crippen LogP contribution in [0.1, 0.15) is 22.6 Å². The van der Waals surface area contributed by atoms with E-state index in [0.29, 0.717) is 5.95 Å². The highest BCUT2D eigenvalue weighted by atomic mass is 16.3. The molecule has 2 aromatic carbocycles. The van der Waals surface area contributed by atoms with Gasteiger partial charge >= 0.3 is 0 Å². The van der Waals surface area contributed by atoms with E-state index in [1.165, 1.54) is 11.1 Å². The number of nitrogens with zero attached hydrogens (tertiary/aromatic N) is 4. The quantitative estimate of drug-likeness (QED) is 0.546. The number of fused-ring (bicyclic) bond motifs is 1. The molecule has 4 aromatic rings. The van der Waals surface area contributed by atoms with Crippen molar-refractivity contribution in [2.24, 2.45) is 0 Å². The van der Waals surface area contributed by atoms with Crippen LogP contribution in [0.4, 0.5) is 5.95 Å². The fourth-order valence-electron chi connectivity index (χ4n) is 4.06. The molecule has 6 nitrogen and oxygen atoms in total. The monoisotopic (exact) mass is 399 g/mol. The molecule has 0 aliphatic carbocycles. The summed E-state index contributed by atoms with van der Waals surface area (Å²) in [7, 11) is 0. The Bertz CT molecular complexity index is 1120. The molecule has 0 spiro atoms. The van der Waals surface area contributed by atoms with E-state index < -0.39 is 0 Å². The van der Waals surface area contributed by atoms with Crippen molar-refractivity contribution in [2.75, 3.05) is 17.4 Å². The molecule has 2 N–H and O–H groups in total. The average molecular weight is 399 g/mol. The molecular weight excluding hydrogens is 374 g/mol. The summed E-state index contributed by atoms with van der Waals surface area (Å²) in [6.45, 7) is 5.07. The number of aromatic nitrogens is 2. The van der Waals surface area contributed by atoms with Crippen molar-refractivity contribution in [3.63, 3.8) is 0 Å². The topological polar surface area (TPSA) is 63.5 Å². The fraction of sp³-hybridized carbons (Fsp3) is 0.208. The SMILES string of the molecule is Cc1ccc(CN2CN(Cc3ccco3)Cc3c(-c4ccccc4)nc(N)n32)cc1. The number of nitrogen functional groups attached to an aromatic ring is 1. The first-order chi connectivity index (χ1) is 14.7. The molecule has 2 aromatic heterocycles. The highest BCUT2D eigenvalue weighted by Gasteiger charge is 2.29. The molecule has 30 heavy (non-hydrogen) atoms. The van der Waals surface area contributed by atoms with Crippen molar-refractivity contribution in [1.82, 2.24) is 14.6 Å². The Balaban J connectivity index is 1.53. The Morgan fingerprint density at radius 3 is 2.50 bits per heavy atom. The van der Waals surface area contributed by atoms with Crippen LogP contribution < -0.4 is 10.7 Å². The average Bonchev–Trinajstić information content (AvgIpc) is 3.38. The molecule has 0 bridgehead atoms. The summed E-state index contributed by atoms with van der Waals surface area (Å²) in [6, 6.07) is 22.8. The minimum Gasteiger partial charge on any atom is -0.468 e. The molecule has 0 unspecified atom stereocenters. The standard InChI is InChI=1S/C24H25N5O/c1-18-9-11-19(12-10-18)14-28-17-27(15-21-8-5-13-30-21)16-22-23(26-24(25)29(22)28)20-6-3-2-4-7-20/h2-13H,14-17H2,1H3,(H2,25,26). The second-order valence-corrected chi connectivity index (χ2v) is 7.80. The molecule has 5 rings (SSSR count). The van der Waals surface area contributed by atoms with Gasteiger partial charge in [-0.05, 0) is 24.6 Å². The third kappa shape index (κ3) is 3.57. The maximum Gasteiger partial charge on any atom is 0.220 e. The number of imidazole rings is 1. The maximum atomic E-state index is 6.42. The molecule has 0 radical (unpaired) electrons. The van der Waals surface area contributed by atoms with Gasteiger partial charge in [-0.15, -0.1) is 0 Å². The summed E-state index contributed by atoms with van der Waals surface area (Å²) in [5.41, 5.74) is 12.0. The van der Waals surface area contributed by atoms with Crippen LogP contribution in [-0.2, 0) is 19.6 Å². The van der Waals surface area contributed by atoms with Crippen LogP contribution in [0.5, 0.6) is 0 Å². The number of anilines is 1. The summed E-state index contributed by atoms with van der Waals surface area (Å²) in [4.78, 5) is 7.11. The van der Waals surface area contributed by atoms with E-state index in [4.69, 9.17) is 15.1 Å². The zero-order valence-electron chi connectivity index (χ0n) is 17.0. The van der Waals surface area contributed by atoms with Gasteiger partial charge in [-0.2, -0.15) is 0 Å². The molecule has 0 saturated carbocycles. The van der Waals surface area contributed by atoms with Gasteiger partial charge in [0, 0.05) is 12.1 Å². The van der Waals surface area contributed by atoms with E-state index in [1.54, 1.807) is 6.26 Å². The van der Waals surface area contributed by atoms with Gasteiger partial charge in [0.25, 0.3) is 0 Å².